The van der Waals surface area contributed by atoms with Crippen molar-refractivity contribution < 1.29 is 23.8 Å². The maximum atomic E-state index is 12.5. The Labute approximate surface area is 155 Å². The van der Waals surface area contributed by atoms with Crippen molar-refractivity contribution in [2.24, 2.45) is 0 Å². The molecule has 1 aromatic rings. The van der Waals surface area contributed by atoms with Gasteiger partial charge >= 0.3 is 12.1 Å². The molecular weight excluding hydrogens is 334 g/mol. The largest absolute Gasteiger partial charge is 0.461 e. The molecule has 0 aromatic heterocycles. The van der Waals surface area contributed by atoms with E-state index in [1.807, 2.05) is 30.3 Å². The first kappa shape index (κ1) is 20.2. The minimum atomic E-state index is -0.894. The monoisotopic (exact) mass is 363 g/mol. The van der Waals surface area contributed by atoms with Crippen molar-refractivity contribution in [3.05, 3.63) is 35.9 Å². The minimum absolute atomic E-state index is 0.0275. The smallest absolute Gasteiger partial charge is 0.408 e. The first-order chi connectivity index (χ1) is 12.3. The number of rotatable bonds is 7. The normalized spacial score (nSPS) is 16.1. The van der Waals surface area contributed by atoms with Crippen molar-refractivity contribution in [1.82, 2.24) is 5.32 Å². The molecule has 1 aliphatic carbocycles. The molecule has 1 unspecified atom stereocenters. The molecule has 1 fully saturated rings. The summed E-state index contributed by atoms with van der Waals surface area (Å²) in [5.41, 5.74) is 0.349. The molecule has 1 amide bonds. The van der Waals surface area contributed by atoms with Gasteiger partial charge in [-0.15, -0.1) is 0 Å². The highest BCUT2D eigenvalue weighted by Gasteiger charge is 2.29. The molecule has 6 nitrogen and oxygen atoms in total. The van der Waals surface area contributed by atoms with Gasteiger partial charge in [-0.1, -0.05) is 30.3 Å². The van der Waals surface area contributed by atoms with E-state index in [1.165, 1.54) is 0 Å². The van der Waals surface area contributed by atoms with Gasteiger partial charge in [0.2, 0.25) is 0 Å². The van der Waals surface area contributed by atoms with Crippen molar-refractivity contribution in [3.63, 3.8) is 0 Å². The van der Waals surface area contributed by atoms with Crippen LogP contribution in [0.3, 0.4) is 0 Å². The molecule has 0 heterocycles. The number of esters is 1. The maximum absolute atomic E-state index is 12.5. The highest BCUT2D eigenvalue weighted by molar-refractivity contribution is 5.81. The summed E-state index contributed by atoms with van der Waals surface area (Å²) in [7, 11) is 0. The molecule has 0 bridgehead atoms. The van der Waals surface area contributed by atoms with Crippen LogP contribution in [0.25, 0.3) is 0 Å². The van der Waals surface area contributed by atoms with Gasteiger partial charge in [0.15, 0.2) is 6.04 Å². The second kappa shape index (κ2) is 9.57. The van der Waals surface area contributed by atoms with Gasteiger partial charge in [-0.3, -0.25) is 0 Å². The van der Waals surface area contributed by atoms with Gasteiger partial charge in [0, 0.05) is 0 Å². The van der Waals surface area contributed by atoms with E-state index in [9.17, 15) is 9.59 Å². The van der Waals surface area contributed by atoms with E-state index in [1.54, 1.807) is 20.8 Å². The lowest BCUT2D eigenvalue weighted by Crippen LogP contribution is -2.47. The molecule has 2 rings (SSSR count). The van der Waals surface area contributed by atoms with Gasteiger partial charge < -0.3 is 19.5 Å². The molecule has 0 aliphatic heterocycles. The van der Waals surface area contributed by atoms with E-state index in [-0.39, 0.29) is 12.7 Å². The van der Waals surface area contributed by atoms with E-state index >= 15 is 0 Å². The summed E-state index contributed by atoms with van der Waals surface area (Å²) in [6, 6.07) is 8.75. The van der Waals surface area contributed by atoms with Crippen molar-refractivity contribution in [3.8, 4) is 0 Å². The van der Waals surface area contributed by atoms with E-state index in [2.05, 4.69) is 5.32 Å². The average Bonchev–Trinajstić information content (AvgIpc) is 3.06. The van der Waals surface area contributed by atoms with Gasteiger partial charge in [-0.25, -0.2) is 9.59 Å². The van der Waals surface area contributed by atoms with E-state index in [0.29, 0.717) is 6.61 Å². The summed E-state index contributed by atoms with van der Waals surface area (Å²) in [4.78, 5) is 24.5. The topological polar surface area (TPSA) is 73.9 Å². The maximum Gasteiger partial charge on any atom is 0.408 e. The van der Waals surface area contributed by atoms with Crippen LogP contribution in [0.1, 0.15) is 52.0 Å². The number of ether oxygens (including phenoxy) is 3. The zero-order chi connectivity index (χ0) is 19.0. The zero-order valence-corrected chi connectivity index (χ0v) is 15.8. The number of alkyl carbamates (subject to hydrolysis) is 1. The third-order valence-electron chi connectivity index (χ3n) is 3.96. The summed E-state index contributed by atoms with van der Waals surface area (Å²) in [5.74, 6) is -0.476. The van der Waals surface area contributed by atoms with Gasteiger partial charge in [-0.05, 0) is 52.0 Å². The predicted molar refractivity (Wildman–Crippen MR) is 97.6 cm³/mol. The number of carbonyl (C=O) groups excluding carboxylic acids is 2. The van der Waals surface area contributed by atoms with E-state index in [0.717, 1.165) is 31.2 Å². The first-order valence-electron chi connectivity index (χ1n) is 9.15. The van der Waals surface area contributed by atoms with Gasteiger partial charge in [0.25, 0.3) is 0 Å². The quantitative estimate of drug-likeness (QED) is 0.750. The molecule has 1 aromatic carbocycles. The van der Waals surface area contributed by atoms with E-state index < -0.39 is 23.7 Å². The first-order valence-corrected chi connectivity index (χ1v) is 9.15. The van der Waals surface area contributed by atoms with Crippen LogP contribution in [0.4, 0.5) is 4.79 Å². The van der Waals surface area contributed by atoms with Crippen LogP contribution in [0, 0.1) is 0 Å². The molecule has 0 saturated heterocycles. The van der Waals surface area contributed by atoms with Crippen LogP contribution in [0.15, 0.2) is 30.3 Å². The fourth-order valence-electron chi connectivity index (χ4n) is 2.74. The van der Waals surface area contributed by atoms with Gasteiger partial charge in [0.1, 0.15) is 11.7 Å². The van der Waals surface area contributed by atoms with E-state index in [4.69, 9.17) is 14.2 Å². The van der Waals surface area contributed by atoms with Crippen molar-refractivity contribution in [1.29, 1.82) is 0 Å². The molecule has 1 aliphatic rings. The Kier molecular flexibility index (Phi) is 7.45. The molecular formula is C20H29NO5. The summed E-state index contributed by atoms with van der Waals surface area (Å²) in [6.45, 7) is 5.68. The Morgan fingerprint density at radius 3 is 2.42 bits per heavy atom. The number of hydrogen-bond acceptors (Lipinski definition) is 5. The lowest BCUT2D eigenvalue weighted by Gasteiger charge is -2.24. The number of carbonyl (C=O) groups is 2. The summed E-state index contributed by atoms with van der Waals surface area (Å²) in [5, 5.41) is 2.57. The number of hydrogen-bond donors (Lipinski definition) is 1. The summed E-state index contributed by atoms with van der Waals surface area (Å²) < 4.78 is 16.4. The second-order valence-electron chi connectivity index (χ2n) is 7.54. The number of amides is 1. The lowest BCUT2D eigenvalue weighted by molar-refractivity contribution is -0.153. The van der Waals surface area contributed by atoms with Crippen LogP contribution in [-0.4, -0.2) is 36.4 Å². The molecule has 1 N–H and O–H groups in total. The second-order valence-corrected chi connectivity index (χ2v) is 7.54. The Morgan fingerprint density at radius 1 is 1.15 bits per heavy atom. The molecule has 26 heavy (non-hydrogen) atoms. The van der Waals surface area contributed by atoms with Crippen molar-refractivity contribution in [2.75, 3.05) is 6.61 Å². The van der Waals surface area contributed by atoms with Crippen LogP contribution in [-0.2, 0) is 25.6 Å². The SMILES string of the molecule is CC(C)(C)OC(=O)NC(COCc1ccccc1)C(=O)OC1CCCC1. The van der Waals surface area contributed by atoms with Crippen LogP contribution in [0.5, 0.6) is 0 Å². The highest BCUT2D eigenvalue weighted by Crippen LogP contribution is 2.21. The number of nitrogens with one attached hydrogen (secondary N) is 1. The Morgan fingerprint density at radius 2 is 1.81 bits per heavy atom. The van der Waals surface area contributed by atoms with Gasteiger partial charge in [-0.2, -0.15) is 0 Å². The third kappa shape index (κ3) is 7.44. The third-order valence-corrected chi connectivity index (χ3v) is 3.96. The molecule has 1 saturated carbocycles. The van der Waals surface area contributed by atoms with Crippen LogP contribution < -0.4 is 5.32 Å². The molecule has 0 radical (unpaired) electrons. The van der Waals surface area contributed by atoms with Crippen molar-refractivity contribution in [2.45, 2.75) is 70.8 Å². The molecule has 0 spiro atoms. The predicted octanol–water partition coefficient (Wildman–Crippen LogP) is 3.58. The van der Waals surface area contributed by atoms with Crippen LogP contribution in [0.2, 0.25) is 0 Å². The Balaban J connectivity index is 1.90. The highest BCUT2D eigenvalue weighted by atomic mass is 16.6. The molecule has 1 atom stereocenters. The molecule has 6 heteroatoms. The van der Waals surface area contributed by atoms with Gasteiger partial charge in [0.05, 0.1) is 13.2 Å². The minimum Gasteiger partial charge on any atom is -0.461 e. The van der Waals surface area contributed by atoms with Crippen molar-refractivity contribution >= 4 is 12.1 Å². The van der Waals surface area contributed by atoms with Crippen LogP contribution >= 0.6 is 0 Å². The lowest BCUT2D eigenvalue weighted by atomic mass is 10.2. The fraction of sp³-hybridized carbons (Fsp3) is 0.600. The zero-order valence-electron chi connectivity index (χ0n) is 15.8. The Hall–Kier alpha value is -2.08. The molecule has 144 valence electrons. The summed E-state index contributed by atoms with van der Waals surface area (Å²) >= 11 is 0. The number of benzene rings is 1. The standard InChI is InChI=1S/C20H29NO5/c1-20(2,3)26-19(23)21-17(18(22)25-16-11-7-8-12-16)14-24-13-15-9-5-4-6-10-15/h4-6,9-10,16-17H,7-8,11-14H2,1-3H3,(H,21,23). The summed E-state index contributed by atoms with van der Waals surface area (Å²) in [6.07, 6.45) is 3.14. The Bertz CT molecular complexity index is 576. The average molecular weight is 363 g/mol. The fourth-order valence-corrected chi connectivity index (χ4v) is 2.74.